The van der Waals surface area contributed by atoms with E-state index in [1.165, 1.54) is 0 Å². The summed E-state index contributed by atoms with van der Waals surface area (Å²) in [6.45, 7) is 8.62. The first kappa shape index (κ1) is 15.6. The number of rotatable bonds is 5. The van der Waals surface area contributed by atoms with Gasteiger partial charge in [0.15, 0.2) is 0 Å². The third-order valence-corrected chi connectivity index (χ3v) is 4.68. The molecule has 0 fully saturated rings. The summed E-state index contributed by atoms with van der Waals surface area (Å²) >= 11 is 1.65. The van der Waals surface area contributed by atoms with Crippen LogP contribution in [0.2, 0.25) is 0 Å². The van der Waals surface area contributed by atoms with Crippen LogP contribution >= 0.6 is 11.3 Å². The smallest absolute Gasteiger partial charge is 0.268 e. The largest absolute Gasteiger partial charge is 0.344 e. The number of carbonyl (C=O) groups excluding carboxylic acids is 1. The predicted molar refractivity (Wildman–Crippen MR) is 97.0 cm³/mol. The maximum Gasteiger partial charge on any atom is 0.268 e. The molecular formula is C19H20N2OS. The van der Waals surface area contributed by atoms with Crippen molar-refractivity contribution >= 4 is 27.5 Å². The molecule has 1 aromatic carbocycles. The fourth-order valence-electron chi connectivity index (χ4n) is 2.70. The number of hydrogen-bond acceptors (Lipinski definition) is 2. The van der Waals surface area contributed by atoms with Gasteiger partial charge >= 0.3 is 0 Å². The third kappa shape index (κ3) is 3.22. The second-order valence-electron chi connectivity index (χ2n) is 5.85. The predicted octanol–water partition coefficient (Wildman–Crippen LogP) is 4.77. The van der Waals surface area contributed by atoms with Crippen LogP contribution in [0.1, 0.15) is 35.9 Å². The third-order valence-electron chi connectivity index (χ3n) is 3.83. The van der Waals surface area contributed by atoms with Gasteiger partial charge in [-0.25, -0.2) is 0 Å². The molecule has 0 saturated heterocycles. The summed E-state index contributed by atoms with van der Waals surface area (Å²) < 4.78 is 3.17. The number of nitrogens with zero attached hydrogens (tertiary/aromatic N) is 1. The van der Waals surface area contributed by atoms with Crippen molar-refractivity contribution in [2.75, 3.05) is 0 Å². The van der Waals surface area contributed by atoms with Crippen molar-refractivity contribution in [1.82, 2.24) is 9.88 Å². The van der Waals surface area contributed by atoms with E-state index < -0.39 is 0 Å². The normalized spacial score (nSPS) is 12.3. The molecule has 23 heavy (non-hydrogen) atoms. The Kier molecular flexibility index (Phi) is 4.35. The van der Waals surface area contributed by atoms with Gasteiger partial charge in [-0.05, 0) is 36.9 Å². The Morgan fingerprint density at radius 2 is 2.04 bits per heavy atom. The highest BCUT2D eigenvalue weighted by Crippen LogP contribution is 2.26. The second-order valence-corrected chi connectivity index (χ2v) is 6.80. The van der Waals surface area contributed by atoms with Crippen LogP contribution in [0.3, 0.4) is 0 Å². The van der Waals surface area contributed by atoms with Crippen molar-refractivity contribution in [3.63, 3.8) is 0 Å². The van der Waals surface area contributed by atoms with Crippen molar-refractivity contribution in [3.8, 4) is 0 Å². The van der Waals surface area contributed by atoms with Gasteiger partial charge in [-0.1, -0.05) is 42.5 Å². The summed E-state index contributed by atoms with van der Waals surface area (Å²) in [4.78, 5) is 12.7. The highest BCUT2D eigenvalue weighted by Gasteiger charge is 2.18. The van der Waals surface area contributed by atoms with Crippen molar-refractivity contribution in [2.24, 2.45) is 0 Å². The van der Waals surface area contributed by atoms with E-state index in [2.05, 4.69) is 18.0 Å². The quantitative estimate of drug-likeness (QED) is 0.674. The van der Waals surface area contributed by atoms with E-state index in [1.54, 1.807) is 11.3 Å². The zero-order chi connectivity index (χ0) is 16.4. The molecule has 0 spiro atoms. The summed E-state index contributed by atoms with van der Waals surface area (Å²) in [5.41, 5.74) is 3.91. The van der Waals surface area contributed by atoms with Gasteiger partial charge in [0.1, 0.15) is 5.69 Å². The van der Waals surface area contributed by atoms with Crippen LogP contribution in [-0.2, 0) is 6.54 Å². The van der Waals surface area contributed by atoms with Crippen LogP contribution in [0, 0.1) is 0 Å². The van der Waals surface area contributed by atoms with Crippen molar-refractivity contribution in [3.05, 3.63) is 71.3 Å². The topological polar surface area (TPSA) is 34.0 Å². The number of nitrogens with one attached hydrogen (secondary N) is 1. The van der Waals surface area contributed by atoms with Crippen LogP contribution in [0.5, 0.6) is 0 Å². The number of amides is 1. The zero-order valence-corrected chi connectivity index (χ0v) is 14.2. The van der Waals surface area contributed by atoms with Gasteiger partial charge < -0.3 is 9.88 Å². The summed E-state index contributed by atoms with van der Waals surface area (Å²) in [7, 11) is 0. The van der Waals surface area contributed by atoms with Crippen molar-refractivity contribution in [1.29, 1.82) is 0 Å². The molecule has 1 unspecified atom stereocenters. The average molecular weight is 324 g/mol. The number of hydrogen-bond donors (Lipinski definition) is 1. The van der Waals surface area contributed by atoms with Gasteiger partial charge in [0.2, 0.25) is 0 Å². The van der Waals surface area contributed by atoms with Crippen molar-refractivity contribution in [2.45, 2.75) is 26.4 Å². The lowest BCUT2D eigenvalue weighted by molar-refractivity contribution is 0.0931. The molecule has 1 atom stereocenters. The van der Waals surface area contributed by atoms with E-state index >= 15 is 0 Å². The molecule has 0 saturated carbocycles. The minimum atomic E-state index is -0.0500. The molecule has 3 nitrogen and oxygen atoms in total. The lowest BCUT2D eigenvalue weighted by atomic mass is 10.1. The van der Waals surface area contributed by atoms with E-state index in [9.17, 15) is 4.79 Å². The van der Waals surface area contributed by atoms with Crippen LogP contribution < -0.4 is 5.32 Å². The molecule has 118 valence electrons. The Labute approximate surface area is 140 Å². The maximum atomic E-state index is 12.7. The average Bonchev–Trinajstić information content (AvgIpc) is 3.10. The molecule has 2 aromatic heterocycles. The lowest BCUT2D eigenvalue weighted by Gasteiger charge is -2.16. The Morgan fingerprint density at radius 1 is 1.30 bits per heavy atom. The Morgan fingerprint density at radius 3 is 2.74 bits per heavy atom. The summed E-state index contributed by atoms with van der Waals surface area (Å²) in [5.74, 6) is -0.0500. The summed E-state index contributed by atoms with van der Waals surface area (Å²) in [6, 6.07) is 14.0. The Balaban J connectivity index is 1.88. The number of benzene rings is 1. The number of carbonyl (C=O) groups is 1. The SMILES string of the molecule is C=C(C)Cn1c(C(=O)NC(C)c2ccccc2)cc2sccc21. The molecule has 2 heterocycles. The van der Waals surface area contributed by atoms with Gasteiger partial charge in [0.25, 0.3) is 5.91 Å². The van der Waals surface area contributed by atoms with Gasteiger partial charge in [0.05, 0.1) is 16.3 Å². The molecule has 3 rings (SSSR count). The highest BCUT2D eigenvalue weighted by atomic mass is 32.1. The molecule has 0 radical (unpaired) electrons. The fourth-order valence-corrected chi connectivity index (χ4v) is 3.52. The van der Waals surface area contributed by atoms with E-state index in [1.807, 2.05) is 60.2 Å². The Bertz CT molecular complexity index is 845. The van der Waals surface area contributed by atoms with Crippen LogP contribution in [-0.4, -0.2) is 10.5 Å². The second kappa shape index (κ2) is 6.42. The summed E-state index contributed by atoms with van der Waals surface area (Å²) in [5, 5.41) is 5.14. The number of fused-ring (bicyclic) bond motifs is 1. The molecular weight excluding hydrogens is 304 g/mol. The van der Waals surface area contributed by atoms with Crippen LogP contribution in [0.25, 0.3) is 10.2 Å². The minimum absolute atomic E-state index is 0.0325. The monoisotopic (exact) mass is 324 g/mol. The van der Waals surface area contributed by atoms with Crippen molar-refractivity contribution < 1.29 is 4.79 Å². The number of allylic oxidation sites excluding steroid dienone is 1. The zero-order valence-electron chi connectivity index (χ0n) is 13.4. The van der Waals surface area contributed by atoms with Gasteiger partial charge in [-0.3, -0.25) is 4.79 Å². The Hall–Kier alpha value is -2.33. The molecule has 1 amide bonds. The van der Waals surface area contributed by atoms with Crippen LogP contribution in [0.15, 0.2) is 60.0 Å². The number of aromatic nitrogens is 1. The van der Waals surface area contributed by atoms with E-state index in [-0.39, 0.29) is 11.9 Å². The molecule has 3 aromatic rings. The molecule has 1 N–H and O–H groups in total. The first-order chi connectivity index (χ1) is 11.1. The molecule has 0 aliphatic heterocycles. The van der Waals surface area contributed by atoms with E-state index in [0.717, 1.165) is 21.4 Å². The molecule has 0 aliphatic rings. The minimum Gasteiger partial charge on any atom is -0.344 e. The van der Waals surface area contributed by atoms with E-state index in [0.29, 0.717) is 12.2 Å². The molecule has 0 aliphatic carbocycles. The van der Waals surface area contributed by atoms with Gasteiger partial charge in [-0.2, -0.15) is 0 Å². The standard InChI is InChI=1S/C19H20N2OS/c1-13(2)12-21-16-9-10-23-18(16)11-17(21)19(22)20-14(3)15-7-5-4-6-8-15/h4-11,14H,1,12H2,2-3H3,(H,20,22). The highest BCUT2D eigenvalue weighted by molar-refractivity contribution is 7.17. The first-order valence-corrected chi connectivity index (χ1v) is 8.51. The van der Waals surface area contributed by atoms with E-state index in [4.69, 9.17) is 0 Å². The lowest BCUT2D eigenvalue weighted by Crippen LogP contribution is -2.28. The number of thiophene rings is 1. The van der Waals surface area contributed by atoms with Crippen LogP contribution in [0.4, 0.5) is 0 Å². The maximum absolute atomic E-state index is 12.7. The summed E-state index contributed by atoms with van der Waals surface area (Å²) in [6.07, 6.45) is 0. The molecule has 4 heteroatoms. The van der Waals surface area contributed by atoms with Gasteiger partial charge in [-0.15, -0.1) is 11.3 Å². The molecule has 0 bridgehead atoms. The first-order valence-electron chi connectivity index (χ1n) is 7.63. The van der Waals surface area contributed by atoms with Gasteiger partial charge in [0, 0.05) is 6.54 Å². The fraction of sp³-hybridized carbons (Fsp3) is 0.211.